The second-order valence-electron chi connectivity index (χ2n) is 2.86. The van der Waals surface area contributed by atoms with E-state index in [0.717, 1.165) is 25.2 Å². The molecule has 0 unspecified atom stereocenters. The van der Waals surface area contributed by atoms with Crippen LogP contribution in [0.5, 0.6) is 5.75 Å². The molecule has 0 spiro atoms. The summed E-state index contributed by atoms with van der Waals surface area (Å²) in [5.41, 5.74) is 1.89. The number of aryl methyl sites for hydroxylation is 1. The Morgan fingerprint density at radius 2 is 2.33 bits per heavy atom. The third-order valence-corrected chi connectivity index (χ3v) is 2.03. The number of fused-ring (bicyclic) bond motifs is 1. The summed E-state index contributed by atoms with van der Waals surface area (Å²) in [6.07, 6.45) is 2.16. The fourth-order valence-corrected chi connectivity index (χ4v) is 1.40. The van der Waals surface area contributed by atoms with Crippen molar-refractivity contribution in [3.05, 3.63) is 35.2 Å². The Morgan fingerprint density at radius 1 is 1.42 bits per heavy atom. The predicted molar refractivity (Wildman–Crippen MR) is 46.5 cm³/mol. The number of benzene rings is 1. The standard InChI is InChI=1S/C10H9NO/c1-11-9-5-4-8-3-2-6-12-10(8)7-9/h4-5,7H,2-3,6H2. The van der Waals surface area contributed by atoms with Gasteiger partial charge in [0.15, 0.2) is 5.69 Å². The molecule has 0 amide bonds. The molecule has 0 saturated carbocycles. The van der Waals surface area contributed by atoms with Gasteiger partial charge in [0, 0.05) is 0 Å². The quantitative estimate of drug-likeness (QED) is 0.530. The van der Waals surface area contributed by atoms with Gasteiger partial charge in [0.05, 0.1) is 13.2 Å². The summed E-state index contributed by atoms with van der Waals surface area (Å²) in [6, 6.07) is 5.66. The minimum Gasteiger partial charge on any atom is -0.495 e. The molecule has 0 N–H and O–H groups in total. The molecule has 1 aromatic rings. The molecule has 0 atom stereocenters. The van der Waals surface area contributed by atoms with Crippen molar-refractivity contribution in [2.75, 3.05) is 6.61 Å². The Labute approximate surface area is 71.6 Å². The molecule has 1 aliphatic heterocycles. The maximum atomic E-state index is 6.83. The monoisotopic (exact) mass is 159 g/mol. The normalized spacial score (nSPS) is 14.2. The van der Waals surface area contributed by atoms with E-state index < -0.39 is 0 Å². The second kappa shape index (κ2) is 2.86. The Bertz CT molecular complexity index is 338. The Hall–Kier alpha value is -1.49. The molecule has 12 heavy (non-hydrogen) atoms. The molecule has 1 aromatic carbocycles. The van der Waals surface area contributed by atoms with Gasteiger partial charge in [-0.2, -0.15) is 0 Å². The van der Waals surface area contributed by atoms with Crippen molar-refractivity contribution in [1.82, 2.24) is 0 Å². The lowest BCUT2D eigenvalue weighted by Gasteiger charge is -2.16. The highest BCUT2D eigenvalue weighted by atomic mass is 16.5. The highest BCUT2D eigenvalue weighted by Gasteiger charge is 2.09. The van der Waals surface area contributed by atoms with Crippen LogP contribution < -0.4 is 4.74 Å². The Morgan fingerprint density at radius 3 is 3.17 bits per heavy atom. The summed E-state index contributed by atoms with van der Waals surface area (Å²) in [4.78, 5) is 3.35. The van der Waals surface area contributed by atoms with Gasteiger partial charge < -0.3 is 4.74 Å². The largest absolute Gasteiger partial charge is 0.495 e. The molecule has 0 aliphatic carbocycles. The minimum absolute atomic E-state index is 0.663. The van der Waals surface area contributed by atoms with Crippen molar-refractivity contribution in [2.24, 2.45) is 0 Å². The molecule has 2 heteroatoms. The van der Waals surface area contributed by atoms with Gasteiger partial charge in [0.25, 0.3) is 0 Å². The number of ether oxygens (including phenoxy) is 1. The van der Waals surface area contributed by atoms with Crippen LogP contribution in [-0.2, 0) is 6.42 Å². The second-order valence-corrected chi connectivity index (χ2v) is 2.86. The fraction of sp³-hybridized carbons (Fsp3) is 0.300. The Kier molecular flexibility index (Phi) is 1.71. The van der Waals surface area contributed by atoms with E-state index in [1.54, 1.807) is 0 Å². The zero-order valence-corrected chi connectivity index (χ0v) is 6.71. The van der Waals surface area contributed by atoms with Gasteiger partial charge in [-0.05, 0) is 24.5 Å². The van der Waals surface area contributed by atoms with Crippen molar-refractivity contribution in [2.45, 2.75) is 12.8 Å². The first-order valence-electron chi connectivity index (χ1n) is 4.03. The van der Waals surface area contributed by atoms with Crippen LogP contribution in [-0.4, -0.2) is 6.61 Å². The van der Waals surface area contributed by atoms with E-state index in [1.165, 1.54) is 5.56 Å². The zero-order valence-electron chi connectivity index (χ0n) is 6.71. The van der Waals surface area contributed by atoms with Crippen LogP contribution in [0.15, 0.2) is 18.2 Å². The number of hydrogen-bond donors (Lipinski definition) is 0. The highest BCUT2D eigenvalue weighted by molar-refractivity contribution is 5.52. The van der Waals surface area contributed by atoms with E-state index >= 15 is 0 Å². The number of rotatable bonds is 0. The van der Waals surface area contributed by atoms with Crippen LogP contribution >= 0.6 is 0 Å². The third kappa shape index (κ3) is 1.14. The van der Waals surface area contributed by atoms with Crippen molar-refractivity contribution >= 4 is 5.69 Å². The van der Waals surface area contributed by atoms with Gasteiger partial charge in [-0.25, -0.2) is 4.85 Å². The van der Waals surface area contributed by atoms with Gasteiger partial charge in [-0.1, -0.05) is 12.1 Å². The highest BCUT2D eigenvalue weighted by Crippen LogP contribution is 2.28. The lowest BCUT2D eigenvalue weighted by molar-refractivity contribution is 0.288. The summed E-state index contributed by atoms with van der Waals surface area (Å²) in [7, 11) is 0. The maximum absolute atomic E-state index is 6.83. The average molecular weight is 159 g/mol. The van der Waals surface area contributed by atoms with E-state index in [9.17, 15) is 0 Å². The van der Waals surface area contributed by atoms with Crippen molar-refractivity contribution in [3.8, 4) is 5.75 Å². The van der Waals surface area contributed by atoms with E-state index in [4.69, 9.17) is 11.3 Å². The molecule has 0 radical (unpaired) electrons. The van der Waals surface area contributed by atoms with Gasteiger partial charge in [0.2, 0.25) is 0 Å². The van der Waals surface area contributed by atoms with Crippen molar-refractivity contribution < 1.29 is 4.74 Å². The third-order valence-electron chi connectivity index (χ3n) is 2.03. The van der Waals surface area contributed by atoms with Crippen molar-refractivity contribution in [3.63, 3.8) is 0 Å². The molecule has 2 nitrogen and oxygen atoms in total. The van der Waals surface area contributed by atoms with E-state index in [-0.39, 0.29) is 0 Å². The predicted octanol–water partition coefficient (Wildman–Crippen LogP) is 2.56. The smallest absolute Gasteiger partial charge is 0.190 e. The van der Waals surface area contributed by atoms with Gasteiger partial charge in [0.1, 0.15) is 5.75 Å². The summed E-state index contributed by atoms with van der Waals surface area (Å²) in [5, 5.41) is 0. The molecule has 0 fully saturated rings. The lowest BCUT2D eigenvalue weighted by atomic mass is 10.1. The molecule has 0 aromatic heterocycles. The lowest BCUT2D eigenvalue weighted by Crippen LogP contribution is -2.07. The Balaban J connectivity index is 2.44. The van der Waals surface area contributed by atoms with E-state index in [2.05, 4.69) is 4.85 Å². The van der Waals surface area contributed by atoms with Crippen LogP contribution in [0.3, 0.4) is 0 Å². The van der Waals surface area contributed by atoms with Gasteiger partial charge in [-0.3, -0.25) is 0 Å². The molecular formula is C10H9NO. The fourth-order valence-electron chi connectivity index (χ4n) is 1.40. The topological polar surface area (TPSA) is 13.6 Å². The molecule has 1 aliphatic rings. The van der Waals surface area contributed by atoms with E-state index in [1.807, 2.05) is 18.2 Å². The first-order valence-corrected chi connectivity index (χ1v) is 4.03. The summed E-state index contributed by atoms with van der Waals surface area (Å²) in [5.74, 6) is 0.898. The SMILES string of the molecule is [C-]#[N+]c1ccc2c(c1)OCCC2. The van der Waals surface area contributed by atoms with E-state index in [0.29, 0.717) is 5.69 Å². The first kappa shape index (κ1) is 7.17. The average Bonchev–Trinajstić information content (AvgIpc) is 2.17. The minimum atomic E-state index is 0.663. The maximum Gasteiger partial charge on any atom is 0.190 e. The summed E-state index contributed by atoms with van der Waals surface area (Å²) >= 11 is 0. The number of nitrogens with zero attached hydrogens (tertiary/aromatic N) is 1. The van der Waals surface area contributed by atoms with Gasteiger partial charge in [-0.15, -0.1) is 0 Å². The van der Waals surface area contributed by atoms with Crippen LogP contribution in [0, 0.1) is 6.57 Å². The van der Waals surface area contributed by atoms with Crippen LogP contribution in [0.25, 0.3) is 4.85 Å². The van der Waals surface area contributed by atoms with Crippen LogP contribution in [0.2, 0.25) is 0 Å². The van der Waals surface area contributed by atoms with Crippen LogP contribution in [0.1, 0.15) is 12.0 Å². The number of hydrogen-bond acceptors (Lipinski definition) is 1. The van der Waals surface area contributed by atoms with Crippen molar-refractivity contribution in [1.29, 1.82) is 0 Å². The van der Waals surface area contributed by atoms with Gasteiger partial charge >= 0.3 is 0 Å². The summed E-state index contributed by atoms with van der Waals surface area (Å²) < 4.78 is 5.42. The molecule has 0 saturated heterocycles. The molecule has 1 heterocycles. The molecule has 0 bridgehead atoms. The molecule has 60 valence electrons. The first-order chi connectivity index (χ1) is 5.90. The molecule has 2 rings (SSSR count). The van der Waals surface area contributed by atoms with Crippen LogP contribution in [0.4, 0.5) is 5.69 Å². The molecular weight excluding hydrogens is 150 g/mol. The zero-order chi connectivity index (χ0) is 8.39. The summed E-state index contributed by atoms with van der Waals surface area (Å²) in [6.45, 7) is 7.62.